The highest BCUT2D eigenvalue weighted by molar-refractivity contribution is 6.31. The van der Waals surface area contributed by atoms with Gasteiger partial charge in [-0.25, -0.2) is 4.79 Å². The number of aliphatic hydroxyl groups is 1. The summed E-state index contributed by atoms with van der Waals surface area (Å²) in [6.45, 7) is 0.00597. The zero-order valence-corrected chi connectivity index (χ0v) is 9.63. The first-order valence-corrected chi connectivity index (χ1v) is 5.47. The molecule has 0 spiro atoms. The Labute approximate surface area is 103 Å². The molecule has 2 unspecified atom stereocenters. The summed E-state index contributed by atoms with van der Waals surface area (Å²) in [4.78, 5) is 10.7. The maximum atomic E-state index is 10.7. The summed E-state index contributed by atoms with van der Waals surface area (Å²) in [5.74, 6) is -0.442. The normalized spacial score (nSPS) is 20.4. The van der Waals surface area contributed by atoms with Gasteiger partial charge in [-0.05, 0) is 12.1 Å². The number of aliphatic hydroxyl groups excluding tert-OH is 1. The molecule has 1 aliphatic heterocycles. The molecule has 0 amide bonds. The molecule has 2 atom stereocenters. The first-order chi connectivity index (χ1) is 8.16. The highest BCUT2D eigenvalue weighted by Crippen LogP contribution is 2.23. The van der Waals surface area contributed by atoms with Crippen molar-refractivity contribution in [1.82, 2.24) is 0 Å². The Morgan fingerprint density at radius 1 is 1.47 bits per heavy atom. The van der Waals surface area contributed by atoms with Crippen molar-refractivity contribution >= 4 is 17.6 Å². The second kappa shape index (κ2) is 5.31. The lowest BCUT2D eigenvalue weighted by Crippen LogP contribution is -2.17. The van der Waals surface area contributed by atoms with E-state index in [1.54, 1.807) is 24.3 Å². The first kappa shape index (κ1) is 12.1. The Balaban J connectivity index is 1.90. The maximum absolute atomic E-state index is 10.7. The Morgan fingerprint density at radius 2 is 2.24 bits per heavy atom. The molecule has 0 saturated carbocycles. The van der Waals surface area contributed by atoms with Gasteiger partial charge in [-0.1, -0.05) is 29.8 Å². The molecule has 0 saturated heterocycles. The van der Waals surface area contributed by atoms with Crippen molar-refractivity contribution in [2.24, 2.45) is 0 Å². The second-order valence-corrected chi connectivity index (χ2v) is 3.94. The molecule has 1 heterocycles. The summed E-state index contributed by atoms with van der Waals surface area (Å²) in [6.07, 6.45) is 1.20. The smallest absolute Gasteiger partial charge is 0.333 e. The van der Waals surface area contributed by atoms with Gasteiger partial charge < -0.3 is 14.6 Å². The molecule has 0 radical (unpaired) electrons. The van der Waals surface area contributed by atoms with E-state index in [4.69, 9.17) is 21.1 Å². The molecule has 1 N–H and O–H groups in total. The van der Waals surface area contributed by atoms with E-state index >= 15 is 0 Å². The predicted molar refractivity (Wildman–Crippen MR) is 61.4 cm³/mol. The fraction of sp³-hybridized carbons (Fsp3) is 0.250. The number of cyclic esters (lactones) is 1. The van der Waals surface area contributed by atoms with Crippen LogP contribution in [0.2, 0.25) is 5.02 Å². The van der Waals surface area contributed by atoms with Gasteiger partial charge in [-0.15, -0.1) is 0 Å². The highest BCUT2D eigenvalue weighted by atomic mass is 35.5. The van der Waals surface area contributed by atoms with Crippen LogP contribution in [0.1, 0.15) is 11.7 Å². The SMILES string of the molecule is O=C1C=CC(OCC(O)c2ccccc2Cl)O1. The molecule has 0 aliphatic carbocycles. The minimum atomic E-state index is -0.851. The van der Waals surface area contributed by atoms with Crippen LogP contribution < -0.4 is 0 Å². The average Bonchev–Trinajstić information content (AvgIpc) is 2.73. The molecule has 17 heavy (non-hydrogen) atoms. The third-order valence-corrected chi connectivity index (χ3v) is 2.65. The minimum absolute atomic E-state index is 0.00597. The predicted octanol–water partition coefficient (Wildman–Crippen LogP) is 1.83. The van der Waals surface area contributed by atoms with Gasteiger partial charge in [-0.3, -0.25) is 0 Å². The number of rotatable bonds is 4. The molecule has 0 aromatic heterocycles. The minimum Gasteiger partial charge on any atom is -0.429 e. The van der Waals surface area contributed by atoms with Crippen molar-refractivity contribution in [3.05, 3.63) is 47.0 Å². The summed E-state index contributed by atoms with van der Waals surface area (Å²) in [5.41, 5.74) is 0.586. The van der Waals surface area contributed by atoms with Crippen LogP contribution in [0.25, 0.3) is 0 Å². The molecule has 1 aliphatic rings. The lowest BCUT2D eigenvalue weighted by Gasteiger charge is -2.15. The van der Waals surface area contributed by atoms with Gasteiger partial charge in [0.1, 0.15) is 6.10 Å². The van der Waals surface area contributed by atoms with Crippen LogP contribution in [0.5, 0.6) is 0 Å². The fourth-order valence-electron chi connectivity index (χ4n) is 1.46. The second-order valence-electron chi connectivity index (χ2n) is 3.54. The first-order valence-electron chi connectivity index (χ1n) is 5.10. The lowest BCUT2D eigenvalue weighted by atomic mass is 10.1. The van der Waals surface area contributed by atoms with Crippen LogP contribution in [-0.2, 0) is 14.3 Å². The van der Waals surface area contributed by atoms with Gasteiger partial charge in [-0.2, -0.15) is 0 Å². The Bertz CT molecular complexity index is 444. The van der Waals surface area contributed by atoms with E-state index in [-0.39, 0.29) is 6.61 Å². The van der Waals surface area contributed by atoms with Crippen LogP contribution in [0.15, 0.2) is 36.4 Å². The van der Waals surface area contributed by atoms with E-state index in [9.17, 15) is 9.90 Å². The van der Waals surface area contributed by atoms with Gasteiger partial charge in [0.15, 0.2) is 0 Å². The Hall–Kier alpha value is -1.36. The van der Waals surface area contributed by atoms with Crippen LogP contribution in [0.3, 0.4) is 0 Å². The Kier molecular flexibility index (Phi) is 3.78. The van der Waals surface area contributed by atoms with Gasteiger partial charge in [0.25, 0.3) is 0 Å². The number of carbonyl (C=O) groups excluding carboxylic acids is 1. The van der Waals surface area contributed by atoms with E-state index in [0.29, 0.717) is 10.6 Å². The monoisotopic (exact) mass is 254 g/mol. The van der Waals surface area contributed by atoms with E-state index in [1.807, 2.05) is 0 Å². The quantitative estimate of drug-likeness (QED) is 0.833. The molecule has 5 heteroatoms. The average molecular weight is 255 g/mol. The topological polar surface area (TPSA) is 55.8 Å². The van der Waals surface area contributed by atoms with Gasteiger partial charge in [0, 0.05) is 16.7 Å². The van der Waals surface area contributed by atoms with Gasteiger partial charge in [0.05, 0.1) is 6.61 Å². The van der Waals surface area contributed by atoms with E-state index in [2.05, 4.69) is 0 Å². The van der Waals surface area contributed by atoms with Crippen molar-refractivity contribution in [2.45, 2.75) is 12.4 Å². The number of hydrogen-bond donors (Lipinski definition) is 1. The summed E-state index contributed by atoms with van der Waals surface area (Å²) >= 11 is 5.92. The van der Waals surface area contributed by atoms with Crippen molar-refractivity contribution < 1.29 is 19.4 Å². The third kappa shape index (κ3) is 3.06. The molecule has 2 rings (SSSR count). The van der Waals surface area contributed by atoms with E-state index < -0.39 is 18.4 Å². The van der Waals surface area contributed by atoms with Crippen LogP contribution in [-0.4, -0.2) is 24.0 Å². The largest absolute Gasteiger partial charge is 0.429 e. The van der Waals surface area contributed by atoms with Crippen molar-refractivity contribution in [3.63, 3.8) is 0 Å². The molecular weight excluding hydrogens is 244 g/mol. The number of carbonyl (C=O) groups is 1. The molecule has 1 aromatic rings. The van der Waals surface area contributed by atoms with Crippen LogP contribution >= 0.6 is 11.6 Å². The van der Waals surface area contributed by atoms with Crippen molar-refractivity contribution in [2.75, 3.05) is 6.61 Å². The standard InChI is InChI=1S/C12H11ClO4/c13-9-4-2-1-3-8(9)10(14)7-16-12-6-5-11(15)17-12/h1-6,10,12,14H,7H2. The van der Waals surface area contributed by atoms with Crippen molar-refractivity contribution in [1.29, 1.82) is 0 Å². The zero-order chi connectivity index (χ0) is 12.3. The fourth-order valence-corrected chi connectivity index (χ4v) is 1.72. The summed E-state index contributed by atoms with van der Waals surface area (Å²) in [5, 5.41) is 10.3. The lowest BCUT2D eigenvalue weighted by molar-refractivity contribution is -0.162. The summed E-state index contributed by atoms with van der Waals surface area (Å²) in [6, 6.07) is 6.96. The number of ether oxygens (including phenoxy) is 2. The zero-order valence-electron chi connectivity index (χ0n) is 8.88. The molecule has 90 valence electrons. The highest BCUT2D eigenvalue weighted by Gasteiger charge is 2.19. The molecule has 0 fully saturated rings. The number of benzene rings is 1. The molecular formula is C12H11ClO4. The van der Waals surface area contributed by atoms with Crippen LogP contribution in [0, 0.1) is 0 Å². The van der Waals surface area contributed by atoms with Crippen molar-refractivity contribution in [3.8, 4) is 0 Å². The third-order valence-electron chi connectivity index (χ3n) is 2.30. The van der Waals surface area contributed by atoms with Crippen LogP contribution in [0.4, 0.5) is 0 Å². The number of hydrogen-bond acceptors (Lipinski definition) is 4. The van der Waals surface area contributed by atoms with Gasteiger partial charge >= 0.3 is 5.97 Å². The molecule has 4 nitrogen and oxygen atoms in total. The Morgan fingerprint density at radius 3 is 2.88 bits per heavy atom. The summed E-state index contributed by atoms with van der Waals surface area (Å²) in [7, 11) is 0. The van der Waals surface area contributed by atoms with E-state index in [0.717, 1.165) is 0 Å². The van der Waals surface area contributed by atoms with Gasteiger partial charge in [0.2, 0.25) is 6.29 Å². The van der Waals surface area contributed by atoms with E-state index in [1.165, 1.54) is 12.2 Å². The summed E-state index contributed by atoms with van der Waals surface area (Å²) < 4.78 is 9.97. The molecule has 1 aromatic carbocycles. The molecule has 0 bridgehead atoms. The number of esters is 1. The number of halogens is 1. The maximum Gasteiger partial charge on any atom is 0.333 e.